The number of halogens is 1. The van der Waals surface area contributed by atoms with Gasteiger partial charge in [-0.25, -0.2) is 4.79 Å². The standard InChI is InChI=1S/C13H15ClN2O5/c14-8-1-3-9(4-2-8)21-7-12(18)16-10(13(19)20)5-6-11(15)17/h1-4,10H,5-7H2,(H2,15,17)(H,16,18)(H,19,20)/t10-/m0/s1. The minimum atomic E-state index is -1.24. The van der Waals surface area contributed by atoms with E-state index in [-0.39, 0.29) is 19.4 Å². The van der Waals surface area contributed by atoms with E-state index in [9.17, 15) is 14.4 Å². The lowest BCUT2D eigenvalue weighted by atomic mass is 10.1. The summed E-state index contributed by atoms with van der Waals surface area (Å²) in [6, 6.07) is 5.18. The van der Waals surface area contributed by atoms with Gasteiger partial charge >= 0.3 is 5.97 Å². The number of ether oxygens (including phenoxy) is 1. The maximum atomic E-state index is 11.6. The molecule has 0 fully saturated rings. The smallest absolute Gasteiger partial charge is 0.326 e. The molecule has 21 heavy (non-hydrogen) atoms. The summed E-state index contributed by atoms with van der Waals surface area (Å²) in [5.74, 6) is -2.05. The third-order valence-electron chi connectivity index (χ3n) is 2.50. The summed E-state index contributed by atoms with van der Waals surface area (Å²) in [6.07, 6.45) is -0.202. The van der Waals surface area contributed by atoms with Crippen LogP contribution in [-0.2, 0) is 14.4 Å². The van der Waals surface area contributed by atoms with Gasteiger partial charge in [-0.2, -0.15) is 0 Å². The lowest BCUT2D eigenvalue weighted by Gasteiger charge is -2.14. The molecule has 1 aromatic rings. The van der Waals surface area contributed by atoms with E-state index >= 15 is 0 Å². The van der Waals surface area contributed by atoms with Crippen molar-refractivity contribution in [3.8, 4) is 5.75 Å². The average molecular weight is 315 g/mol. The SMILES string of the molecule is NC(=O)CC[C@H](NC(=O)COc1ccc(Cl)cc1)C(=O)O. The van der Waals surface area contributed by atoms with E-state index in [1.165, 1.54) is 0 Å². The number of hydrogen-bond donors (Lipinski definition) is 3. The van der Waals surface area contributed by atoms with Gasteiger partial charge < -0.3 is 20.9 Å². The molecule has 2 amide bonds. The second kappa shape index (κ2) is 8.11. The number of nitrogens with one attached hydrogen (secondary N) is 1. The molecule has 4 N–H and O–H groups in total. The number of amides is 2. The summed E-state index contributed by atoms with van der Waals surface area (Å²) in [7, 11) is 0. The summed E-state index contributed by atoms with van der Waals surface area (Å²) in [6.45, 7) is -0.345. The van der Waals surface area contributed by atoms with E-state index < -0.39 is 23.8 Å². The number of primary amides is 1. The molecule has 114 valence electrons. The van der Waals surface area contributed by atoms with Crippen LogP contribution in [-0.4, -0.2) is 35.5 Å². The molecule has 0 bridgehead atoms. The van der Waals surface area contributed by atoms with Crippen LogP contribution in [0.25, 0.3) is 0 Å². The molecule has 0 spiro atoms. The van der Waals surface area contributed by atoms with Crippen LogP contribution in [0.2, 0.25) is 5.02 Å². The highest BCUT2D eigenvalue weighted by molar-refractivity contribution is 6.30. The molecule has 0 saturated heterocycles. The van der Waals surface area contributed by atoms with Crippen LogP contribution in [0.4, 0.5) is 0 Å². The van der Waals surface area contributed by atoms with Crippen LogP contribution in [0.5, 0.6) is 5.75 Å². The number of carbonyl (C=O) groups excluding carboxylic acids is 2. The van der Waals surface area contributed by atoms with Crippen LogP contribution in [0.15, 0.2) is 24.3 Å². The molecule has 7 nitrogen and oxygen atoms in total. The molecule has 0 aliphatic carbocycles. The Morgan fingerprint density at radius 3 is 2.43 bits per heavy atom. The summed E-state index contributed by atoms with van der Waals surface area (Å²) >= 11 is 5.70. The van der Waals surface area contributed by atoms with Crippen molar-refractivity contribution in [2.45, 2.75) is 18.9 Å². The highest BCUT2D eigenvalue weighted by atomic mass is 35.5. The van der Waals surface area contributed by atoms with E-state index in [1.54, 1.807) is 24.3 Å². The van der Waals surface area contributed by atoms with Gasteiger partial charge in [0.05, 0.1) is 0 Å². The first-order valence-electron chi connectivity index (χ1n) is 6.07. The molecule has 0 aliphatic heterocycles. The molecule has 0 aliphatic rings. The zero-order chi connectivity index (χ0) is 15.8. The lowest BCUT2D eigenvalue weighted by Crippen LogP contribution is -2.43. The van der Waals surface area contributed by atoms with E-state index in [4.69, 9.17) is 27.2 Å². The molecule has 1 rings (SSSR count). The zero-order valence-electron chi connectivity index (χ0n) is 11.0. The molecule has 0 aromatic heterocycles. The van der Waals surface area contributed by atoms with E-state index in [0.29, 0.717) is 10.8 Å². The van der Waals surface area contributed by atoms with Gasteiger partial charge in [0, 0.05) is 11.4 Å². The third kappa shape index (κ3) is 6.62. The van der Waals surface area contributed by atoms with E-state index in [2.05, 4.69) is 5.32 Å². The largest absolute Gasteiger partial charge is 0.484 e. The first-order valence-corrected chi connectivity index (χ1v) is 6.45. The van der Waals surface area contributed by atoms with Crippen molar-refractivity contribution in [1.29, 1.82) is 0 Å². The molecule has 0 heterocycles. The van der Waals surface area contributed by atoms with Gasteiger partial charge in [-0.1, -0.05) is 11.6 Å². The molecule has 0 unspecified atom stereocenters. The summed E-state index contributed by atoms with van der Waals surface area (Å²) < 4.78 is 5.17. The summed E-state index contributed by atoms with van der Waals surface area (Å²) in [5.41, 5.74) is 4.94. The first kappa shape index (κ1) is 16.8. The average Bonchev–Trinajstić information content (AvgIpc) is 2.42. The molecule has 8 heteroatoms. The normalized spacial score (nSPS) is 11.5. The molecule has 0 saturated carbocycles. The molecular formula is C13H15ClN2O5. The predicted molar refractivity (Wildman–Crippen MR) is 74.9 cm³/mol. The number of carboxylic acid groups (broad SMARTS) is 1. The van der Waals surface area contributed by atoms with Gasteiger partial charge in [-0.15, -0.1) is 0 Å². The number of aliphatic carboxylic acids is 1. The van der Waals surface area contributed by atoms with Gasteiger partial charge in [0.15, 0.2) is 6.61 Å². The Kier molecular flexibility index (Phi) is 6.48. The van der Waals surface area contributed by atoms with Crippen molar-refractivity contribution in [2.75, 3.05) is 6.61 Å². The van der Waals surface area contributed by atoms with E-state index in [1.807, 2.05) is 0 Å². The van der Waals surface area contributed by atoms with Crippen molar-refractivity contribution in [3.63, 3.8) is 0 Å². The molecule has 1 aromatic carbocycles. The number of hydrogen-bond acceptors (Lipinski definition) is 4. The van der Waals surface area contributed by atoms with Gasteiger partial charge in [-0.3, -0.25) is 9.59 Å². The van der Waals surface area contributed by atoms with Crippen molar-refractivity contribution in [2.24, 2.45) is 5.73 Å². The van der Waals surface area contributed by atoms with Gasteiger partial charge in [0.1, 0.15) is 11.8 Å². The number of benzene rings is 1. The highest BCUT2D eigenvalue weighted by Crippen LogP contribution is 2.15. The van der Waals surface area contributed by atoms with Crippen LogP contribution < -0.4 is 15.8 Å². The Morgan fingerprint density at radius 2 is 1.90 bits per heavy atom. The van der Waals surface area contributed by atoms with Crippen molar-refractivity contribution < 1.29 is 24.2 Å². The summed E-state index contributed by atoms with van der Waals surface area (Å²) in [5, 5.41) is 11.7. The topological polar surface area (TPSA) is 119 Å². The van der Waals surface area contributed by atoms with Gasteiger partial charge in [0.25, 0.3) is 5.91 Å². The van der Waals surface area contributed by atoms with Crippen molar-refractivity contribution >= 4 is 29.4 Å². The van der Waals surface area contributed by atoms with Gasteiger partial charge in [0.2, 0.25) is 5.91 Å². The summed E-state index contributed by atoms with van der Waals surface area (Å²) in [4.78, 5) is 33.2. The number of carboxylic acids is 1. The predicted octanol–water partition coefficient (Wildman–Crippen LogP) is 0.554. The highest BCUT2D eigenvalue weighted by Gasteiger charge is 2.20. The maximum absolute atomic E-state index is 11.6. The Balaban J connectivity index is 2.44. The lowest BCUT2D eigenvalue weighted by molar-refractivity contribution is -0.142. The fourth-order valence-electron chi connectivity index (χ4n) is 1.46. The van der Waals surface area contributed by atoms with Crippen molar-refractivity contribution in [3.05, 3.63) is 29.3 Å². The monoisotopic (exact) mass is 314 g/mol. The number of carbonyl (C=O) groups is 3. The third-order valence-corrected chi connectivity index (χ3v) is 2.75. The fourth-order valence-corrected chi connectivity index (χ4v) is 1.59. The second-order valence-electron chi connectivity index (χ2n) is 4.21. The van der Waals surface area contributed by atoms with Crippen molar-refractivity contribution in [1.82, 2.24) is 5.32 Å². The van der Waals surface area contributed by atoms with Crippen LogP contribution in [0.3, 0.4) is 0 Å². The van der Waals surface area contributed by atoms with Gasteiger partial charge in [-0.05, 0) is 30.7 Å². The first-order chi connectivity index (χ1) is 9.88. The maximum Gasteiger partial charge on any atom is 0.326 e. The quantitative estimate of drug-likeness (QED) is 0.647. The van der Waals surface area contributed by atoms with Crippen LogP contribution in [0, 0.1) is 0 Å². The molecular weight excluding hydrogens is 300 g/mol. The molecule has 1 atom stereocenters. The minimum Gasteiger partial charge on any atom is -0.484 e. The Labute approximate surface area is 126 Å². The van der Waals surface area contributed by atoms with E-state index in [0.717, 1.165) is 0 Å². The number of rotatable bonds is 8. The Hall–Kier alpha value is -2.28. The zero-order valence-corrected chi connectivity index (χ0v) is 11.8. The second-order valence-corrected chi connectivity index (χ2v) is 4.64. The Bertz CT molecular complexity index is 518. The molecule has 0 radical (unpaired) electrons. The van der Waals surface area contributed by atoms with Crippen LogP contribution in [0.1, 0.15) is 12.8 Å². The number of nitrogens with two attached hydrogens (primary N) is 1. The fraction of sp³-hybridized carbons (Fsp3) is 0.308. The Morgan fingerprint density at radius 1 is 1.29 bits per heavy atom. The van der Waals surface area contributed by atoms with Crippen LogP contribution >= 0.6 is 11.6 Å². The minimum absolute atomic E-state index is 0.0721.